The monoisotopic (exact) mass is 206 g/mol. The second-order valence-corrected chi connectivity index (χ2v) is 3.55. The van der Waals surface area contributed by atoms with E-state index < -0.39 is 0 Å². The lowest BCUT2D eigenvalue weighted by Gasteiger charge is -2.09. The first-order valence-corrected chi connectivity index (χ1v) is 5.10. The van der Waals surface area contributed by atoms with Gasteiger partial charge in [-0.1, -0.05) is 19.9 Å². The van der Waals surface area contributed by atoms with Crippen LogP contribution in [0, 0.1) is 5.92 Å². The summed E-state index contributed by atoms with van der Waals surface area (Å²) in [6, 6.07) is 0. The molecule has 0 aliphatic carbocycles. The predicted molar refractivity (Wildman–Crippen MR) is 62.9 cm³/mol. The van der Waals surface area contributed by atoms with Gasteiger partial charge >= 0.3 is 0 Å². The molecule has 0 aromatic carbocycles. The molecule has 1 N–H and O–H groups in total. The first-order valence-electron chi connectivity index (χ1n) is 5.10. The molecule has 0 atom stereocenters. The van der Waals surface area contributed by atoms with E-state index in [1.165, 1.54) is 0 Å². The Morgan fingerprint density at radius 3 is 2.80 bits per heavy atom. The molecule has 4 heteroatoms. The smallest absolute Gasteiger partial charge is 0.156 e. The van der Waals surface area contributed by atoms with Crippen molar-refractivity contribution in [3.63, 3.8) is 0 Å². The van der Waals surface area contributed by atoms with Crippen LogP contribution in [0.4, 0.5) is 0 Å². The standard InChI is InChI=1S/C11H18N4/c1-5-6-15-11(13-8-14-15)7-10(12-4)9(2)3/h5-9,12H,1-4H3/b6-5+,10-7-. The van der Waals surface area contributed by atoms with Gasteiger partial charge in [-0.3, -0.25) is 0 Å². The van der Waals surface area contributed by atoms with E-state index in [0.29, 0.717) is 5.92 Å². The molecule has 1 aromatic heterocycles. The zero-order chi connectivity index (χ0) is 11.3. The van der Waals surface area contributed by atoms with Crippen LogP contribution in [-0.4, -0.2) is 21.8 Å². The van der Waals surface area contributed by atoms with Gasteiger partial charge in [0.1, 0.15) is 6.33 Å². The maximum absolute atomic E-state index is 4.19. The maximum Gasteiger partial charge on any atom is 0.156 e. The zero-order valence-corrected chi connectivity index (χ0v) is 9.73. The van der Waals surface area contributed by atoms with Crippen molar-refractivity contribution in [2.45, 2.75) is 20.8 Å². The fraction of sp³-hybridized carbons (Fsp3) is 0.455. The van der Waals surface area contributed by atoms with Gasteiger partial charge in [-0.05, 0) is 12.8 Å². The summed E-state index contributed by atoms with van der Waals surface area (Å²) in [6.45, 7) is 6.23. The maximum atomic E-state index is 4.19. The fourth-order valence-electron chi connectivity index (χ4n) is 1.28. The summed E-state index contributed by atoms with van der Waals surface area (Å²) >= 11 is 0. The molecule has 0 saturated carbocycles. The highest BCUT2D eigenvalue weighted by Crippen LogP contribution is 2.09. The fourth-order valence-corrected chi connectivity index (χ4v) is 1.28. The minimum atomic E-state index is 0.450. The molecule has 0 fully saturated rings. The predicted octanol–water partition coefficient (Wildman–Crippen LogP) is 1.98. The molecular formula is C11H18N4. The number of hydrogen-bond donors (Lipinski definition) is 1. The summed E-state index contributed by atoms with van der Waals surface area (Å²) in [5, 5.41) is 7.26. The van der Waals surface area contributed by atoms with Crippen LogP contribution >= 0.6 is 0 Å². The van der Waals surface area contributed by atoms with E-state index in [4.69, 9.17) is 0 Å². The van der Waals surface area contributed by atoms with Gasteiger partial charge in [0.2, 0.25) is 0 Å². The third kappa shape index (κ3) is 2.94. The lowest BCUT2D eigenvalue weighted by Crippen LogP contribution is -2.12. The van der Waals surface area contributed by atoms with Gasteiger partial charge in [-0.2, -0.15) is 5.10 Å². The Hall–Kier alpha value is -1.58. The molecule has 0 bridgehead atoms. The molecule has 1 heterocycles. The highest BCUT2D eigenvalue weighted by atomic mass is 15.3. The molecule has 0 spiro atoms. The second-order valence-electron chi connectivity index (χ2n) is 3.55. The van der Waals surface area contributed by atoms with Crippen LogP contribution in [0.1, 0.15) is 26.6 Å². The van der Waals surface area contributed by atoms with Gasteiger partial charge in [0.15, 0.2) is 5.82 Å². The molecule has 15 heavy (non-hydrogen) atoms. The van der Waals surface area contributed by atoms with Crippen molar-refractivity contribution in [3.05, 3.63) is 23.9 Å². The number of rotatable bonds is 4. The Morgan fingerprint density at radius 1 is 1.53 bits per heavy atom. The summed E-state index contributed by atoms with van der Waals surface area (Å²) in [7, 11) is 1.92. The van der Waals surface area contributed by atoms with Crippen LogP contribution in [0.15, 0.2) is 18.1 Å². The number of nitrogens with zero attached hydrogens (tertiary/aromatic N) is 3. The molecule has 82 valence electrons. The molecule has 0 aliphatic heterocycles. The normalized spacial score (nSPS) is 12.7. The first-order chi connectivity index (χ1) is 7.19. The quantitative estimate of drug-likeness (QED) is 0.819. The first kappa shape index (κ1) is 11.5. The van der Waals surface area contributed by atoms with E-state index >= 15 is 0 Å². The van der Waals surface area contributed by atoms with Gasteiger partial charge in [0, 0.05) is 25.0 Å². The Labute approximate surface area is 90.7 Å². The van der Waals surface area contributed by atoms with Crippen LogP contribution in [0.2, 0.25) is 0 Å². The zero-order valence-electron chi connectivity index (χ0n) is 9.73. The average molecular weight is 206 g/mol. The van der Waals surface area contributed by atoms with Crippen LogP contribution in [0.5, 0.6) is 0 Å². The number of allylic oxidation sites excluding steroid dienone is 2. The highest BCUT2D eigenvalue weighted by Gasteiger charge is 2.03. The van der Waals surface area contributed by atoms with Gasteiger partial charge in [-0.25, -0.2) is 9.67 Å². The lowest BCUT2D eigenvalue weighted by molar-refractivity contribution is 0.705. The van der Waals surface area contributed by atoms with E-state index in [-0.39, 0.29) is 0 Å². The molecule has 0 unspecified atom stereocenters. The summed E-state index contributed by atoms with van der Waals surface area (Å²) in [5.41, 5.74) is 1.15. The third-order valence-corrected chi connectivity index (χ3v) is 2.09. The van der Waals surface area contributed by atoms with Gasteiger partial charge in [0.05, 0.1) is 0 Å². The van der Waals surface area contributed by atoms with Crippen LogP contribution in [0.25, 0.3) is 12.3 Å². The van der Waals surface area contributed by atoms with Crippen molar-refractivity contribution in [2.24, 2.45) is 5.92 Å². The van der Waals surface area contributed by atoms with Gasteiger partial charge in [0.25, 0.3) is 0 Å². The van der Waals surface area contributed by atoms with E-state index in [9.17, 15) is 0 Å². The minimum absolute atomic E-state index is 0.450. The van der Waals surface area contributed by atoms with E-state index in [1.807, 2.05) is 32.3 Å². The molecule has 0 radical (unpaired) electrons. The average Bonchev–Trinajstić information content (AvgIpc) is 2.62. The Kier molecular flexibility index (Phi) is 4.09. The Bertz CT molecular complexity index is 360. The van der Waals surface area contributed by atoms with Crippen molar-refractivity contribution in [1.82, 2.24) is 20.1 Å². The van der Waals surface area contributed by atoms with Crippen LogP contribution in [0.3, 0.4) is 0 Å². The summed E-state index contributed by atoms with van der Waals surface area (Å²) in [5.74, 6) is 1.29. The minimum Gasteiger partial charge on any atom is -0.391 e. The van der Waals surface area contributed by atoms with Crippen LogP contribution in [-0.2, 0) is 0 Å². The lowest BCUT2D eigenvalue weighted by atomic mass is 10.1. The molecule has 4 nitrogen and oxygen atoms in total. The van der Waals surface area contributed by atoms with E-state index in [1.54, 1.807) is 11.0 Å². The molecule has 0 aliphatic rings. The summed E-state index contributed by atoms with van der Waals surface area (Å²) < 4.78 is 1.75. The number of nitrogens with one attached hydrogen (secondary N) is 1. The Balaban J connectivity index is 3.00. The second kappa shape index (κ2) is 5.34. The van der Waals surface area contributed by atoms with E-state index in [0.717, 1.165) is 11.5 Å². The SMILES string of the molecule is C/C=C/n1ncnc1/C=C(\NC)C(C)C. The molecule has 1 rings (SSSR count). The van der Waals surface area contributed by atoms with Crippen molar-refractivity contribution < 1.29 is 0 Å². The topological polar surface area (TPSA) is 42.7 Å². The van der Waals surface area contributed by atoms with Crippen LogP contribution < -0.4 is 5.32 Å². The molecule has 0 saturated heterocycles. The van der Waals surface area contributed by atoms with Crippen molar-refractivity contribution in [3.8, 4) is 0 Å². The van der Waals surface area contributed by atoms with Gasteiger partial charge < -0.3 is 5.32 Å². The molecule has 0 amide bonds. The van der Waals surface area contributed by atoms with Crippen molar-refractivity contribution in [1.29, 1.82) is 0 Å². The number of hydrogen-bond acceptors (Lipinski definition) is 3. The van der Waals surface area contributed by atoms with Gasteiger partial charge in [-0.15, -0.1) is 0 Å². The van der Waals surface area contributed by atoms with Crippen molar-refractivity contribution >= 4 is 12.3 Å². The highest BCUT2D eigenvalue weighted by molar-refractivity contribution is 5.47. The third-order valence-electron chi connectivity index (χ3n) is 2.09. The largest absolute Gasteiger partial charge is 0.391 e. The number of aromatic nitrogens is 3. The summed E-state index contributed by atoms with van der Waals surface area (Å²) in [4.78, 5) is 4.19. The Morgan fingerprint density at radius 2 is 2.27 bits per heavy atom. The van der Waals surface area contributed by atoms with E-state index in [2.05, 4.69) is 29.2 Å². The van der Waals surface area contributed by atoms with Crippen molar-refractivity contribution in [2.75, 3.05) is 7.05 Å². The molecule has 1 aromatic rings. The summed E-state index contributed by atoms with van der Waals surface area (Å²) in [6.07, 6.45) is 7.38. The molecular weight excluding hydrogens is 188 g/mol.